The lowest BCUT2D eigenvalue weighted by Gasteiger charge is -2.21. The quantitative estimate of drug-likeness (QED) is 0.597. The standard InChI is InChI=1S/C13H19BrN2O3S/c1-4-6-16(7-5-2)20(17,18)13-9-11(15)10(14)8-12(13)19-3/h4,8-9H,1,5-7,15H2,2-3H3. The van der Waals surface area contributed by atoms with E-state index in [9.17, 15) is 8.42 Å². The fourth-order valence-corrected chi connectivity index (χ4v) is 3.75. The Balaban J connectivity index is 3.39. The molecular weight excluding hydrogens is 344 g/mol. The summed E-state index contributed by atoms with van der Waals surface area (Å²) in [5, 5.41) is 0. The molecule has 20 heavy (non-hydrogen) atoms. The van der Waals surface area contributed by atoms with E-state index >= 15 is 0 Å². The van der Waals surface area contributed by atoms with Crippen LogP contribution in [0.2, 0.25) is 0 Å². The van der Waals surface area contributed by atoms with Crippen LogP contribution in [0.3, 0.4) is 0 Å². The molecule has 1 aromatic carbocycles. The fraction of sp³-hybridized carbons (Fsp3) is 0.385. The molecule has 0 atom stereocenters. The van der Waals surface area contributed by atoms with E-state index in [0.29, 0.717) is 23.1 Å². The molecule has 0 aromatic heterocycles. The molecule has 1 rings (SSSR count). The van der Waals surface area contributed by atoms with E-state index < -0.39 is 10.0 Å². The highest BCUT2D eigenvalue weighted by atomic mass is 79.9. The molecule has 7 heteroatoms. The SMILES string of the molecule is C=CCN(CCC)S(=O)(=O)c1cc(N)c(Br)cc1OC. The van der Waals surface area contributed by atoms with E-state index in [1.165, 1.54) is 17.5 Å². The van der Waals surface area contributed by atoms with Gasteiger partial charge < -0.3 is 10.5 Å². The molecule has 0 unspecified atom stereocenters. The predicted molar refractivity (Wildman–Crippen MR) is 84.4 cm³/mol. The van der Waals surface area contributed by atoms with Crippen molar-refractivity contribution in [1.29, 1.82) is 0 Å². The Labute approximate surface area is 128 Å². The Morgan fingerprint density at radius 3 is 2.65 bits per heavy atom. The van der Waals surface area contributed by atoms with Crippen LogP contribution in [-0.4, -0.2) is 32.9 Å². The topological polar surface area (TPSA) is 72.6 Å². The van der Waals surface area contributed by atoms with Crippen molar-refractivity contribution in [3.05, 3.63) is 29.3 Å². The lowest BCUT2D eigenvalue weighted by Crippen LogP contribution is -2.32. The first-order valence-electron chi connectivity index (χ1n) is 6.12. The smallest absolute Gasteiger partial charge is 0.247 e. The summed E-state index contributed by atoms with van der Waals surface area (Å²) in [6.07, 6.45) is 2.27. The molecule has 0 aliphatic rings. The number of hydrogen-bond donors (Lipinski definition) is 1. The molecule has 0 spiro atoms. The zero-order valence-corrected chi connectivity index (χ0v) is 14.0. The molecular formula is C13H19BrN2O3S. The Morgan fingerprint density at radius 1 is 1.50 bits per heavy atom. The van der Waals surface area contributed by atoms with Gasteiger partial charge in [0.25, 0.3) is 0 Å². The minimum atomic E-state index is -3.67. The van der Waals surface area contributed by atoms with E-state index in [2.05, 4.69) is 22.5 Å². The largest absolute Gasteiger partial charge is 0.495 e. The van der Waals surface area contributed by atoms with Crippen molar-refractivity contribution >= 4 is 31.6 Å². The van der Waals surface area contributed by atoms with Crippen LogP contribution in [0.1, 0.15) is 13.3 Å². The Hall–Kier alpha value is -1.05. The van der Waals surface area contributed by atoms with Gasteiger partial charge in [0.05, 0.1) is 7.11 Å². The number of rotatable bonds is 7. The molecule has 0 bridgehead atoms. The average molecular weight is 363 g/mol. The number of nitrogen functional groups attached to an aromatic ring is 1. The summed E-state index contributed by atoms with van der Waals surface area (Å²) in [4.78, 5) is 0.0657. The third kappa shape index (κ3) is 3.53. The Morgan fingerprint density at radius 2 is 2.15 bits per heavy atom. The minimum absolute atomic E-state index is 0.0657. The molecule has 0 fully saturated rings. The van der Waals surface area contributed by atoms with Gasteiger partial charge in [0.1, 0.15) is 10.6 Å². The molecule has 2 N–H and O–H groups in total. The average Bonchev–Trinajstić information content (AvgIpc) is 2.41. The fourth-order valence-electron chi connectivity index (χ4n) is 1.75. The summed E-state index contributed by atoms with van der Waals surface area (Å²) >= 11 is 3.26. The zero-order chi connectivity index (χ0) is 15.3. The van der Waals surface area contributed by atoms with E-state index in [1.807, 2.05) is 6.92 Å². The van der Waals surface area contributed by atoms with Crippen LogP contribution in [0.15, 0.2) is 34.2 Å². The third-order valence-corrected chi connectivity index (χ3v) is 5.28. The maximum Gasteiger partial charge on any atom is 0.247 e. The first kappa shape index (κ1) is 17.0. The van der Waals surface area contributed by atoms with E-state index in [1.54, 1.807) is 12.1 Å². The van der Waals surface area contributed by atoms with Gasteiger partial charge in [-0.15, -0.1) is 6.58 Å². The van der Waals surface area contributed by atoms with Crippen molar-refractivity contribution in [2.75, 3.05) is 25.9 Å². The van der Waals surface area contributed by atoms with Gasteiger partial charge in [0.2, 0.25) is 10.0 Å². The molecule has 0 aliphatic heterocycles. The summed E-state index contributed by atoms with van der Waals surface area (Å²) in [5.41, 5.74) is 6.13. The van der Waals surface area contributed by atoms with Crippen LogP contribution >= 0.6 is 15.9 Å². The second-order valence-electron chi connectivity index (χ2n) is 4.18. The molecule has 0 heterocycles. The van der Waals surface area contributed by atoms with Gasteiger partial charge in [-0.05, 0) is 34.5 Å². The number of hydrogen-bond acceptors (Lipinski definition) is 4. The summed E-state index contributed by atoms with van der Waals surface area (Å²) in [6, 6.07) is 2.96. The van der Waals surface area contributed by atoms with Crippen LogP contribution in [0.5, 0.6) is 5.75 Å². The van der Waals surface area contributed by atoms with Gasteiger partial charge in [-0.2, -0.15) is 4.31 Å². The molecule has 5 nitrogen and oxygen atoms in total. The predicted octanol–water partition coefficient (Wildman–Crippen LogP) is 2.63. The summed E-state index contributed by atoms with van der Waals surface area (Å²) in [7, 11) is -2.25. The molecule has 0 radical (unpaired) electrons. The minimum Gasteiger partial charge on any atom is -0.495 e. The number of anilines is 1. The van der Waals surface area contributed by atoms with Gasteiger partial charge in [0, 0.05) is 23.2 Å². The van der Waals surface area contributed by atoms with Gasteiger partial charge in [-0.25, -0.2) is 8.42 Å². The van der Waals surface area contributed by atoms with Crippen LogP contribution in [-0.2, 0) is 10.0 Å². The van der Waals surface area contributed by atoms with Gasteiger partial charge in [-0.3, -0.25) is 0 Å². The van der Waals surface area contributed by atoms with Crippen LogP contribution < -0.4 is 10.5 Å². The highest BCUT2D eigenvalue weighted by Gasteiger charge is 2.27. The number of halogens is 1. The zero-order valence-electron chi connectivity index (χ0n) is 11.6. The van der Waals surface area contributed by atoms with Crippen molar-refractivity contribution in [1.82, 2.24) is 4.31 Å². The molecule has 112 valence electrons. The maximum atomic E-state index is 12.7. The maximum absolute atomic E-state index is 12.7. The lowest BCUT2D eigenvalue weighted by molar-refractivity contribution is 0.395. The van der Waals surface area contributed by atoms with Crippen molar-refractivity contribution in [2.45, 2.75) is 18.2 Å². The second-order valence-corrected chi connectivity index (χ2v) is 6.94. The summed E-state index contributed by atoms with van der Waals surface area (Å²) in [6.45, 7) is 6.17. The van der Waals surface area contributed by atoms with E-state index in [0.717, 1.165) is 0 Å². The van der Waals surface area contributed by atoms with Crippen molar-refractivity contribution in [3.63, 3.8) is 0 Å². The van der Waals surface area contributed by atoms with Gasteiger partial charge >= 0.3 is 0 Å². The van der Waals surface area contributed by atoms with Gasteiger partial charge in [0.15, 0.2) is 0 Å². The number of nitrogens with zero attached hydrogens (tertiary/aromatic N) is 1. The summed E-state index contributed by atoms with van der Waals surface area (Å²) < 4.78 is 32.5. The number of methoxy groups -OCH3 is 1. The molecule has 0 amide bonds. The van der Waals surface area contributed by atoms with Crippen LogP contribution in [0, 0.1) is 0 Å². The Bertz CT molecular complexity index is 588. The number of sulfonamides is 1. The van der Waals surface area contributed by atoms with Crippen LogP contribution in [0.4, 0.5) is 5.69 Å². The Kier molecular flexibility index (Phi) is 6.04. The highest BCUT2D eigenvalue weighted by molar-refractivity contribution is 9.10. The van der Waals surface area contributed by atoms with Crippen molar-refractivity contribution in [2.24, 2.45) is 0 Å². The third-order valence-electron chi connectivity index (χ3n) is 2.71. The summed E-state index contributed by atoms with van der Waals surface area (Å²) in [5.74, 6) is 0.260. The second kappa shape index (κ2) is 7.10. The molecule has 0 saturated carbocycles. The number of benzene rings is 1. The highest BCUT2D eigenvalue weighted by Crippen LogP contribution is 2.33. The van der Waals surface area contributed by atoms with Gasteiger partial charge in [-0.1, -0.05) is 13.0 Å². The normalized spacial score (nSPS) is 11.6. The first-order valence-corrected chi connectivity index (χ1v) is 8.35. The monoisotopic (exact) mass is 362 g/mol. The number of nitrogens with two attached hydrogens (primary N) is 1. The van der Waals surface area contributed by atoms with Crippen LogP contribution in [0.25, 0.3) is 0 Å². The first-order chi connectivity index (χ1) is 9.38. The van der Waals surface area contributed by atoms with E-state index in [-0.39, 0.29) is 17.2 Å². The molecule has 1 aromatic rings. The van der Waals surface area contributed by atoms with Crippen molar-refractivity contribution in [3.8, 4) is 5.75 Å². The van der Waals surface area contributed by atoms with Crippen molar-refractivity contribution < 1.29 is 13.2 Å². The molecule has 0 aliphatic carbocycles. The lowest BCUT2D eigenvalue weighted by atomic mass is 10.3. The molecule has 0 saturated heterocycles. The van der Waals surface area contributed by atoms with E-state index in [4.69, 9.17) is 10.5 Å². The number of ether oxygens (including phenoxy) is 1.